The number of alkyl halides is 2. The molecule has 0 aromatic rings. The van der Waals surface area contributed by atoms with Gasteiger partial charge in [0.25, 0.3) is 0 Å². The van der Waals surface area contributed by atoms with E-state index in [1.54, 1.807) is 0 Å². The van der Waals surface area contributed by atoms with E-state index in [2.05, 4.69) is 4.74 Å². The van der Waals surface area contributed by atoms with Crippen molar-refractivity contribution < 1.29 is 23.4 Å². The Morgan fingerprint density at radius 1 is 1.80 bits per heavy atom. The molecule has 1 heterocycles. The van der Waals surface area contributed by atoms with E-state index in [0.29, 0.717) is 0 Å². The summed E-state index contributed by atoms with van der Waals surface area (Å²) in [6.45, 7) is -0.540. The Hall–Kier alpha value is -0.710. The number of carbonyl (C=O) groups is 1. The number of ether oxygens (including phenoxy) is 1. The molecule has 3 nitrogen and oxygen atoms in total. The number of esters is 1. The van der Waals surface area contributed by atoms with Crippen molar-refractivity contribution in [2.75, 3.05) is 6.61 Å². The number of rotatable bonds is 1. The molecule has 0 aliphatic carbocycles. The highest BCUT2D eigenvalue weighted by Gasteiger charge is 2.50. The number of halogens is 2. The number of hydrogen-bond donors (Lipinski definition) is 1. The van der Waals surface area contributed by atoms with Crippen LogP contribution in [0.4, 0.5) is 8.78 Å². The Morgan fingerprint density at radius 2 is 2.40 bits per heavy atom. The van der Waals surface area contributed by atoms with Gasteiger partial charge in [0, 0.05) is 0 Å². The van der Waals surface area contributed by atoms with Crippen molar-refractivity contribution in [3.8, 4) is 0 Å². The fourth-order valence-corrected chi connectivity index (χ4v) is 0.750. The smallest absolute Gasteiger partial charge is 0.377 e. The maximum Gasteiger partial charge on any atom is 0.377 e. The van der Waals surface area contributed by atoms with Crippen LogP contribution in [-0.2, 0) is 9.53 Å². The van der Waals surface area contributed by atoms with Gasteiger partial charge in [-0.15, -0.1) is 0 Å². The van der Waals surface area contributed by atoms with Crippen molar-refractivity contribution >= 4 is 5.97 Å². The van der Waals surface area contributed by atoms with E-state index in [0.717, 1.165) is 0 Å². The average molecular weight is 152 g/mol. The highest BCUT2D eigenvalue weighted by atomic mass is 19.3. The number of aliphatic hydroxyl groups excluding tert-OH is 1. The molecule has 10 heavy (non-hydrogen) atoms. The van der Waals surface area contributed by atoms with Gasteiger partial charge in [-0.3, -0.25) is 0 Å². The zero-order valence-electron chi connectivity index (χ0n) is 5.01. The summed E-state index contributed by atoms with van der Waals surface area (Å²) in [5.41, 5.74) is 0. The van der Waals surface area contributed by atoms with E-state index in [4.69, 9.17) is 5.11 Å². The third kappa shape index (κ3) is 1.09. The molecule has 1 aliphatic heterocycles. The summed E-state index contributed by atoms with van der Waals surface area (Å²) in [5.74, 6) is -4.93. The predicted molar refractivity (Wildman–Crippen MR) is 26.5 cm³/mol. The van der Waals surface area contributed by atoms with Crippen LogP contribution in [0.3, 0.4) is 0 Å². The second-order valence-corrected chi connectivity index (χ2v) is 2.12. The van der Waals surface area contributed by atoms with Crippen LogP contribution in [0, 0.1) is 0 Å². The molecule has 58 valence electrons. The van der Waals surface area contributed by atoms with Crippen LogP contribution in [0.25, 0.3) is 0 Å². The molecule has 0 spiro atoms. The molecule has 0 aromatic heterocycles. The molecular weight excluding hydrogens is 146 g/mol. The molecule has 1 N–H and O–H groups in total. The van der Waals surface area contributed by atoms with E-state index in [1.807, 2.05) is 0 Å². The van der Waals surface area contributed by atoms with Gasteiger partial charge in [-0.1, -0.05) is 0 Å². The number of aliphatic hydroxyl groups is 1. The van der Waals surface area contributed by atoms with Crippen LogP contribution in [0.5, 0.6) is 0 Å². The molecule has 1 atom stereocenters. The normalized spacial score (nSPS) is 30.3. The first-order valence-electron chi connectivity index (χ1n) is 2.76. The second kappa shape index (κ2) is 2.16. The Morgan fingerprint density at radius 3 is 2.60 bits per heavy atom. The van der Waals surface area contributed by atoms with Gasteiger partial charge in [-0.05, 0) is 0 Å². The van der Waals surface area contributed by atoms with E-state index in [-0.39, 0.29) is 0 Å². The summed E-state index contributed by atoms with van der Waals surface area (Å²) in [5, 5.41) is 8.31. The zero-order valence-corrected chi connectivity index (χ0v) is 5.01. The molecule has 1 rings (SSSR count). The third-order valence-electron chi connectivity index (χ3n) is 1.26. The molecular formula is C5H6F2O3. The minimum Gasteiger partial charge on any atom is -0.455 e. The predicted octanol–water partition coefficient (Wildman–Crippen LogP) is -0.0705. The average Bonchev–Trinajstić information content (AvgIpc) is 2.08. The Kier molecular flexibility index (Phi) is 1.60. The quantitative estimate of drug-likeness (QED) is 0.535. The SMILES string of the molecule is O=C1O[C@H](CO)CC1(F)F. The second-order valence-electron chi connectivity index (χ2n) is 2.12. The first-order chi connectivity index (χ1) is 4.56. The fraction of sp³-hybridized carbons (Fsp3) is 0.800. The summed E-state index contributed by atoms with van der Waals surface area (Å²) >= 11 is 0. The van der Waals surface area contributed by atoms with E-state index >= 15 is 0 Å². The topological polar surface area (TPSA) is 46.5 Å². The highest BCUT2D eigenvalue weighted by molar-refractivity contribution is 5.79. The summed E-state index contributed by atoms with van der Waals surface area (Å²) in [7, 11) is 0. The molecule has 0 radical (unpaired) electrons. The van der Waals surface area contributed by atoms with Gasteiger partial charge >= 0.3 is 11.9 Å². The van der Waals surface area contributed by atoms with Crippen LogP contribution in [-0.4, -0.2) is 29.7 Å². The van der Waals surface area contributed by atoms with Gasteiger partial charge in [0.2, 0.25) is 0 Å². The van der Waals surface area contributed by atoms with Crippen molar-refractivity contribution in [2.45, 2.75) is 18.4 Å². The maximum absolute atomic E-state index is 12.2. The Balaban J connectivity index is 2.62. The molecule has 0 saturated carbocycles. The van der Waals surface area contributed by atoms with Gasteiger partial charge in [-0.25, -0.2) is 4.79 Å². The minimum atomic E-state index is -3.40. The van der Waals surface area contributed by atoms with Crippen LogP contribution in [0.2, 0.25) is 0 Å². The standard InChI is InChI=1S/C5H6F2O3/c6-5(7)1-3(2-8)10-4(5)9/h3,8H,1-2H2/t3-/m0/s1. The molecule has 5 heteroatoms. The van der Waals surface area contributed by atoms with Crippen molar-refractivity contribution in [3.63, 3.8) is 0 Å². The molecule has 0 bridgehead atoms. The minimum absolute atomic E-state index is 0.540. The summed E-state index contributed by atoms with van der Waals surface area (Å²) in [4.78, 5) is 10.2. The summed E-state index contributed by atoms with van der Waals surface area (Å²) in [6.07, 6.45) is -1.73. The van der Waals surface area contributed by atoms with Crippen LogP contribution >= 0.6 is 0 Å². The van der Waals surface area contributed by atoms with Crippen LogP contribution in [0.15, 0.2) is 0 Å². The zero-order chi connectivity index (χ0) is 7.78. The lowest BCUT2D eigenvalue weighted by molar-refractivity contribution is -0.159. The number of cyclic esters (lactones) is 1. The largest absolute Gasteiger partial charge is 0.455 e. The van der Waals surface area contributed by atoms with Crippen LogP contribution < -0.4 is 0 Å². The van der Waals surface area contributed by atoms with E-state index < -0.39 is 31.0 Å². The molecule has 1 aliphatic rings. The van der Waals surface area contributed by atoms with Gasteiger partial charge in [0.1, 0.15) is 6.10 Å². The van der Waals surface area contributed by atoms with Gasteiger partial charge in [0.05, 0.1) is 13.0 Å². The van der Waals surface area contributed by atoms with Crippen molar-refractivity contribution in [3.05, 3.63) is 0 Å². The highest BCUT2D eigenvalue weighted by Crippen LogP contribution is 2.30. The third-order valence-corrected chi connectivity index (χ3v) is 1.26. The summed E-state index contributed by atoms with van der Waals surface area (Å²) < 4.78 is 28.5. The van der Waals surface area contributed by atoms with Crippen molar-refractivity contribution in [2.24, 2.45) is 0 Å². The molecule has 1 fully saturated rings. The number of hydrogen-bond acceptors (Lipinski definition) is 3. The van der Waals surface area contributed by atoms with E-state index in [9.17, 15) is 13.6 Å². The van der Waals surface area contributed by atoms with Gasteiger partial charge < -0.3 is 9.84 Å². The monoisotopic (exact) mass is 152 g/mol. The maximum atomic E-state index is 12.2. The summed E-state index contributed by atoms with van der Waals surface area (Å²) in [6, 6.07) is 0. The van der Waals surface area contributed by atoms with Crippen molar-refractivity contribution in [1.29, 1.82) is 0 Å². The lowest BCUT2D eigenvalue weighted by atomic mass is 10.2. The Labute approximate surface area is 55.6 Å². The van der Waals surface area contributed by atoms with E-state index in [1.165, 1.54) is 0 Å². The Bertz CT molecular complexity index is 157. The molecule has 0 aromatic carbocycles. The van der Waals surface area contributed by atoms with Gasteiger partial charge in [-0.2, -0.15) is 8.78 Å². The van der Waals surface area contributed by atoms with Crippen LogP contribution in [0.1, 0.15) is 6.42 Å². The molecule has 0 unspecified atom stereocenters. The van der Waals surface area contributed by atoms with Gasteiger partial charge in [0.15, 0.2) is 0 Å². The molecule has 1 saturated heterocycles. The fourth-order valence-electron chi connectivity index (χ4n) is 0.750. The first kappa shape index (κ1) is 7.40. The lowest BCUT2D eigenvalue weighted by Gasteiger charge is -2.00. The number of carbonyl (C=O) groups excluding carboxylic acids is 1. The molecule has 0 amide bonds. The van der Waals surface area contributed by atoms with Crippen molar-refractivity contribution in [1.82, 2.24) is 0 Å². The first-order valence-corrected chi connectivity index (χ1v) is 2.76. The lowest BCUT2D eigenvalue weighted by Crippen LogP contribution is -2.21.